The van der Waals surface area contributed by atoms with Crippen LogP contribution in [0.5, 0.6) is 5.75 Å². The van der Waals surface area contributed by atoms with Crippen LogP contribution in [0, 0.1) is 0 Å². The molecule has 2 rings (SSSR count). The predicted molar refractivity (Wildman–Crippen MR) is 80.1 cm³/mol. The van der Waals surface area contributed by atoms with Gasteiger partial charge >= 0.3 is 0 Å². The largest absolute Gasteiger partial charge is 0.508 e. The van der Waals surface area contributed by atoms with Gasteiger partial charge in [-0.05, 0) is 50.8 Å². The van der Waals surface area contributed by atoms with Crippen LogP contribution in [0.2, 0.25) is 5.02 Å². The highest BCUT2D eigenvalue weighted by Gasteiger charge is 2.28. The SMILES string of the molecule is CCN(C(=O)c1cc(O)ccc1Cl)C1CCC(N)CC1. The molecule has 1 aliphatic carbocycles. The van der Waals surface area contributed by atoms with Gasteiger partial charge in [-0.25, -0.2) is 0 Å². The Morgan fingerprint density at radius 3 is 2.65 bits per heavy atom. The van der Waals surface area contributed by atoms with E-state index in [-0.39, 0.29) is 23.7 Å². The molecule has 20 heavy (non-hydrogen) atoms. The number of nitrogens with two attached hydrogens (primary N) is 1. The van der Waals surface area contributed by atoms with Gasteiger partial charge in [-0.15, -0.1) is 0 Å². The van der Waals surface area contributed by atoms with Gasteiger partial charge in [-0.3, -0.25) is 4.79 Å². The van der Waals surface area contributed by atoms with Crippen LogP contribution in [0.15, 0.2) is 18.2 Å². The van der Waals surface area contributed by atoms with E-state index >= 15 is 0 Å². The Bertz CT molecular complexity index is 485. The Balaban J connectivity index is 2.18. The van der Waals surface area contributed by atoms with E-state index in [0.29, 0.717) is 17.1 Å². The Kier molecular flexibility index (Phi) is 4.89. The first-order valence-electron chi connectivity index (χ1n) is 7.08. The van der Waals surface area contributed by atoms with E-state index in [1.165, 1.54) is 12.1 Å². The average molecular weight is 297 g/mol. The Morgan fingerprint density at radius 2 is 2.05 bits per heavy atom. The van der Waals surface area contributed by atoms with Crippen molar-refractivity contribution in [3.8, 4) is 5.75 Å². The fourth-order valence-corrected chi connectivity index (χ4v) is 3.01. The maximum Gasteiger partial charge on any atom is 0.255 e. The number of rotatable bonds is 3. The lowest BCUT2D eigenvalue weighted by Crippen LogP contribution is -2.44. The van der Waals surface area contributed by atoms with Crippen LogP contribution in [-0.2, 0) is 0 Å². The minimum Gasteiger partial charge on any atom is -0.508 e. The molecule has 0 saturated heterocycles. The first-order chi connectivity index (χ1) is 9.52. The van der Waals surface area contributed by atoms with Crippen molar-refractivity contribution in [2.45, 2.75) is 44.7 Å². The fourth-order valence-electron chi connectivity index (χ4n) is 2.81. The Morgan fingerprint density at radius 1 is 1.40 bits per heavy atom. The van der Waals surface area contributed by atoms with Gasteiger partial charge in [0.1, 0.15) is 5.75 Å². The van der Waals surface area contributed by atoms with E-state index in [1.54, 1.807) is 6.07 Å². The van der Waals surface area contributed by atoms with Gasteiger partial charge in [-0.2, -0.15) is 0 Å². The molecule has 1 aromatic rings. The fraction of sp³-hybridized carbons (Fsp3) is 0.533. The summed E-state index contributed by atoms with van der Waals surface area (Å²) in [6.07, 6.45) is 3.75. The van der Waals surface area contributed by atoms with Crippen LogP contribution in [0.3, 0.4) is 0 Å². The summed E-state index contributed by atoms with van der Waals surface area (Å²) in [6.45, 7) is 2.59. The molecule has 5 heteroatoms. The molecule has 0 aliphatic heterocycles. The molecular weight excluding hydrogens is 276 g/mol. The summed E-state index contributed by atoms with van der Waals surface area (Å²) in [6, 6.07) is 4.93. The number of nitrogens with zero attached hydrogens (tertiary/aromatic N) is 1. The summed E-state index contributed by atoms with van der Waals surface area (Å²) in [4.78, 5) is 14.5. The number of amides is 1. The van der Waals surface area contributed by atoms with Gasteiger partial charge in [0.25, 0.3) is 5.91 Å². The smallest absolute Gasteiger partial charge is 0.255 e. The average Bonchev–Trinajstić information content (AvgIpc) is 2.44. The van der Waals surface area contributed by atoms with E-state index < -0.39 is 0 Å². The van der Waals surface area contributed by atoms with Crippen molar-refractivity contribution in [1.82, 2.24) is 4.90 Å². The monoisotopic (exact) mass is 296 g/mol. The first kappa shape index (κ1) is 15.1. The third kappa shape index (κ3) is 3.25. The number of hydrogen-bond donors (Lipinski definition) is 2. The van der Waals surface area contributed by atoms with Gasteiger partial charge in [0.15, 0.2) is 0 Å². The molecule has 1 fully saturated rings. The van der Waals surface area contributed by atoms with Crippen LogP contribution in [0.1, 0.15) is 43.0 Å². The first-order valence-corrected chi connectivity index (χ1v) is 7.45. The van der Waals surface area contributed by atoms with Crippen molar-refractivity contribution in [1.29, 1.82) is 0 Å². The Labute approximate surface area is 124 Å². The third-order valence-electron chi connectivity index (χ3n) is 3.96. The van der Waals surface area contributed by atoms with Crippen LogP contribution in [-0.4, -0.2) is 34.5 Å². The quantitative estimate of drug-likeness (QED) is 0.901. The zero-order chi connectivity index (χ0) is 14.7. The van der Waals surface area contributed by atoms with Crippen LogP contribution < -0.4 is 5.73 Å². The zero-order valence-electron chi connectivity index (χ0n) is 11.7. The summed E-state index contributed by atoms with van der Waals surface area (Å²) in [7, 11) is 0. The van der Waals surface area contributed by atoms with Crippen molar-refractivity contribution >= 4 is 17.5 Å². The number of benzene rings is 1. The lowest BCUT2D eigenvalue weighted by molar-refractivity contribution is 0.0640. The summed E-state index contributed by atoms with van der Waals surface area (Å²) in [5, 5.41) is 9.91. The molecule has 0 heterocycles. The van der Waals surface area contributed by atoms with Crippen molar-refractivity contribution in [3.63, 3.8) is 0 Å². The zero-order valence-corrected chi connectivity index (χ0v) is 12.4. The highest BCUT2D eigenvalue weighted by atomic mass is 35.5. The summed E-state index contributed by atoms with van der Waals surface area (Å²) in [5.74, 6) is -0.0617. The number of carbonyl (C=O) groups is 1. The van der Waals surface area contributed by atoms with Gasteiger partial charge < -0.3 is 15.7 Å². The molecule has 0 bridgehead atoms. The third-order valence-corrected chi connectivity index (χ3v) is 4.29. The normalized spacial score (nSPS) is 22.6. The molecule has 0 atom stereocenters. The number of phenolic OH excluding ortho intramolecular Hbond substituents is 1. The summed E-state index contributed by atoms with van der Waals surface area (Å²) < 4.78 is 0. The minimum atomic E-state index is -0.117. The number of carbonyl (C=O) groups excluding carboxylic acids is 1. The van der Waals surface area contributed by atoms with E-state index in [0.717, 1.165) is 25.7 Å². The standard InChI is InChI=1S/C15H21ClN2O2/c1-2-18(11-5-3-10(17)4-6-11)15(20)13-9-12(19)7-8-14(13)16/h7-11,19H,2-6,17H2,1H3. The topological polar surface area (TPSA) is 66.6 Å². The minimum absolute atomic E-state index is 0.0551. The Hall–Kier alpha value is -1.26. The molecule has 1 aliphatic rings. The number of halogens is 1. The molecule has 110 valence electrons. The number of phenols is 1. The maximum absolute atomic E-state index is 12.6. The van der Waals surface area contributed by atoms with Crippen LogP contribution >= 0.6 is 11.6 Å². The molecule has 0 unspecified atom stereocenters. The highest BCUT2D eigenvalue weighted by molar-refractivity contribution is 6.33. The second-order valence-electron chi connectivity index (χ2n) is 5.32. The molecule has 3 N–H and O–H groups in total. The molecule has 0 spiro atoms. The molecule has 0 aromatic heterocycles. The maximum atomic E-state index is 12.6. The van der Waals surface area contributed by atoms with Crippen molar-refractivity contribution in [2.24, 2.45) is 5.73 Å². The van der Waals surface area contributed by atoms with Crippen molar-refractivity contribution < 1.29 is 9.90 Å². The molecule has 4 nitrogen and oxygen atoms in total. The molecule has 1 aromatic carbocycles. The van der Waals surface area contributed by atoms with Gasteiger partial charge in [0.05, 0.1) is 10.6 Å². The van der Waals surface area contributed by atoms with E-state index in [9.17, 15) is 9.90 Å². The van der Waals surface area contributed by atoms with Gasteiger partial charge in [0, 0.05) is 18.6 Å². The molecular formula is C15H21ClN2O2. The second kappa shape index (κ2) is 6.46. The van der Waals surface area contributed by atoms with Crippen LogP contribution in [0.25, 0.3) is 0 Å². The van der Waals surface area contributed by atoms with E-state index in [4.69, 9.17) is 17.3 Å². The van der Waals surface area contributed by atoms with Gasteiger partial charge in [-0.1, -0.05) is 11.6 Å². The summed E-state index contributed by atoms with van der Waals surface area (Å²) >= 11 is 6.08. The van der Waals surface area contributed by atoms with Crippen molar-refractivity contribution in [2.75, 3.05) is 6.54 Å². The predicted octanol–water partition coefficient (Wildman–Crippen LogP) is 2.78. The molecule has 1 saturated carbocycles. The molecule has 1 amide bonds. The molecule has 0 radical (unpaired) electrons. The van der Waals surface area contributed by atoms with E-state index in [2.05, 4.69) is 0 Å². The lowest BCUT2D eigenvalue weighted by Gasteiger charge is -2.35. The second-order valence-corrected chi connectivity index (χ2v) is 5.73. The van der Waals surface area contributed by atoms with E-state index in [1.807, 2.05) is 11.8 Å². The number of hydrogen-bond acceptors (Lipinski definition) is 3. The highest BCUT2D eigenvalue weighted by Crippen LogP contribution is 2.27. The van der Waals surface area contributed by atoms with Gasteiger partial charge in [0.2, 0.25) is 0 Å². The number of aromatic hydroxyl groups is 1. The van der Waals surface area contributed by atoms with Crippen molar-refractivity contribution in [3.05, 3.63) is 28.8 Å². The summed E-state index contributed by atoms with van der Waals surface area (Å²) in [5.41, 5.74) is 6.28. The van der Waals surface area contributed by atoms with Crippen LogP contribution in [0.4, 0.5) is 0 Å². The lowest BCUT2D eigenvalue weighted by atomic mass is 9.90.